The zero-order chi connectivity index (χ0) is 17.8. The predicted octanol–water partition coefficient (Wildman–Crippen LogP) is 1.57. The second kappa shape index (κ2) is 7.88. The van der Waals surface area contributed by atoms with Gasteiger partial charge in [0.25, 0.3) is 5.56 Å². The fourth-order valence-corrected chi connectivity index (χ4v) is 3.44. The number of nitrogens with one attached hydrogen (secondary N) is 1. The summed E-state index contributed by atoms with van der Waals surface area (Å²) in [6.07, 6.45) is 0. The predicted molar refractivity (Wildman–Crippen MR) is 98.4 cm³/mol. The fraction of sp³-hybridized carbons (Fsp3) is 0.375. The van der Waals surface area contributed by atoms with Crippen molar-refractivity contribution in [2.75, 3.05) is 36.8 Å². The number of aromatic amines is 1. The molecule has 1 amide bonds. The Morgan fingerprint density at radius 1 is 1.28 bits per heavy atom. The van der Waals surface area contributed by atoms with Gasteiger partial charge in [-0.25, -0.2) is 0 Å². The van der Waals surface area contributed by atoms with Gasteiger partial charge in [-0.15, -0.1) is 10.2 Å². The summed E-state index contributed by atoms with van der Waals surface area (Å²) in [5, 5.41) is 8.72. The Morgan fingerprint density at radius 3 is 2.72 bits per heavy atom. The number of aromatic nitrogens is 3. The van der Waals surface area contributed by atoms with Gasteiger partial charge in [0.1, 0.15) is 5.69 Å². The van der Waals surface area contributed by atoms with Crippen LogP contribution in [0.3, 0.4) is 0 Å². The van der Waals surface area contributed by atoms with Crippen molar-refractivity contribution >= 4 is 35.0 Å². The van der Waals surface area contributed by atoms with Crippen LogP contribution in [0.4, 0.5) is 5.69 Å². The topological polar surface area (TPSA) is 82.2 Å². The highest BCUT2D eigenvalue weighted by atomic mass is 35.5. The highest BCUT2D eigenvalue weighted by Crippen LogP contribution is 2.21. The lowest BCUT2D eigenvalue weighted by Gasteiger charge is -2.36. The minimum Gasteiger partial charge on any atom is -0.368 e. The van der Waals surface area contributed by atoms with Gasteiger partial charge in [0, 0.05) is 36.9 Å². The fourth-order valence-electron chi connectivity index (χ4n) is 2.55. The molecular formula is C16H18ClN5O2S. The highest BCUT2D eigenvalue weighted by molar-refractivity contribution is 7.99. The molecule has 0 saturated carbocycles. The van der Waals surface area contributed by atoms with Crippen molar-refractivity contribution in [1.29, 1.82) is 0 Å². The molecule has 1 aromatic carbocycles. The van der Waals surface area contributed by atoms with Gasteiger partial charge in [-0.2, -0.15) is 0 Å². The van der Waals surface area contributed by atoms with Gasteiger partial charge in [0.15, 0.2) is 5.16 Å². The number of piperazine rings is 1. The number of halogens is 1. The third kappa shape index (κ3) is 4.52. The van der Waals surface area contributed by atoms with Gasteiger partial charge in [-0.3, -0.25) is 14.6 Å². The quantitative estimate of drug-likeness (QED) is 0.812. The van der Waals surface area contributed by atoms with Gasteiger partial charge in [0.2, 0.25) is 5.91 Å². The standard InChI is InChI=1S/C16H18ClN5O2S/c1-11-15(24)18-16(20-19-11)25-10-14(23)22-7-5-21(6-8-22)13-4-2-3-12(17)9-13/h2-4,9H,5-8,10H2,1H3,(H,18,20,24). The van der Waals surface area contributed by atoms with Crippen LogP contribution in [0.2, 0.25) is 5.02 Å². The number of anilines is 1. The lowest BCUT2D eigenvalue weighted by molar-refractivity contribution is -0.128. The lowest BCUT2D eigenvalue weighted by atomic mass is 10.2. The molecule has 9 heteroatoms. The molecular weight excluding hydrogens is 362 g/mol. The van der Waals surface area contributed by atoms with Crippen LogP contribution in [0.1, 0.15) is 5.69 Å². The number of H-pyrrole nitrogens is 1. The molecule has 7 nitrogen and oxygen atoms in total. The Labute approximate surface area is 154 Å². The zero-order valence-electron chi connectivity index (χ0n) is 13.7. The third-order valence-electron chi connectivity index (χ3n) is 3.98. The molecule has 1 aromatic heterocycles. The van der Waals surface area contributed by atoms with Crippen molar-refractivity contribution in [1.82, 2.24) is 20.1 Å². The number of carbonyl (C=O) groups is 1. The van der Waals surface area contributed by atoms with Crippen molar-refractivity contribution in [3.05, 3.63) is 45.3 Å². The normalized spacial score (nSPS) is 14.6. The van der Waals surface area contributed by atoms with E-state index in [9.17, 15) is 9.59 Å². The van der Waals surface area contributed by atoms with Crippen molar-refractivity contribution in [3.63, 3.8) is 0 Å². The number of thioether (sulfide) groups is 1. The van der Waals surface area contributed by atoms with Crippen LogP contribution in [0.15, 0.2) is 34.2 Å². The summed E-state index contributed by atoms with van der Waals surface area (Å²) >= 11 is 7.23. The zero-order valence-corrected chi connectivity index (χ0v) is 15.3. The van der Waals surface area contributed by atoms with Crippen LogP contribution >= 0.6 is 23.4 Å². The Kier molecular flexibility index (Phi) is 5.60. The van der Waals surface area contributed by atoms with Crippen LogP contribution in [-0.2, 0) is 4.79 Å². The van der Waals surface area contributed by atoms with E-state index >= 15 is 0 Å². The van der Waals surface area contributed by atoms with E-state index in [4.69, 9.17) is 11.6 Å². The van der Waals surface area contributed by atoms with E-state index in [-0.39, 0.29) is 17.2 Å². The van der Waals surface area contributed by atoms with Gasteiger partial charge in [-0.1, -0.05) is 29.4 Å². The van der Waals surface area contributed by atoms with Crippen LogP contribution in [-0.4, -0.2) is 57.9 Å². The van der Waals surface area contributed by atoms with Gasteiger partial charge < -0.3 is 9.80 Å². The van der Waals surface area contributed by atoms with E-state index in [1.807, 2.05) is 29.2 Å². The van der Waals surface area contributed by atoms with E-state index in [0.29, 0.717) is 29.0 Å². The Bertz CT molecular complexity index is 820. The Balaban J connectivity index is 1.51. The summed E-state index contributed by atoms with van der Waals surface area (Å²) in [4.78, 5) is 30.5. The molecule has 132 valence electrons. The summed E-state index contributed by atoms with van der Waals surface area (Å²) in [6, 6.07) is 7.72. The molecule has 0 bridgehead atoms. The van der Waals surface area contributed by atoms with E-state index < -0.39 is 0 Å². The number of aryl methyl sites for hydroxylation is 1. The molecule has 0 radical (unpaired) electrons. The van der Waals surface area contributed by atoms with Crippen LogP contribution in [0.5, 0.6) is 0 Å². The van der Waals surface area contributed by atoms with E-state index in [1.165, 1.54) is 11.8 Å². The first-order valence-electron chi connectivity index (χ1n) is 7.87. The largest absolute Gasteiger partial charge is 0.368 e. The SMILES string of the molecule is Cc1nnc(SCC(=O)N2CCN(c3cccc(Cl)c3)CC2)[nH]c1=O. The van der Waals surface area contributed by atoms with E-state index in [1.54, 1.807) is 6.92 Å². The van der Waals surface area contributed by atoms with Crippen molar-refractivity contribution in [2.24, 2.45) is 0 Å². The van der Waals surface area contributed by atoms with Crippen LogP contribution in [0, 0.1) is 6.92 Å². The second-order valence-electron chi connectivity index (χ2n) is 5.68. The molecule has 1 saturated heterocycles. The molecule has 1 aliphatic heterocycles. The molecule has 1 N–H and O–H groups in total. The Hall–Kier alpha value is -2.06. The maximum Gasteiger partial charge on any atom is 0.273 e. The first-order chi connectivity index (χ1) is 12.0. The number of rotatable bonds is 4. The molecule has 2 heterocycles. The molecule has 0 spiro atoms. The molecule has 25 heavy (non-hydrogen) atoms. The monoisotopic (exact) mass is 379 g/mol. The first-order valence-corrected chi connectivity index (χ1v) is 9.24. The maximum atomic E-state index is 12.3. The Morgan fingerprint density at radius 2 is 2.04 bits per heavy atom. The van der Waals surface area contributed by atoms with E-state index in [2.05, 4.69) is 20.1 Å². The van der Waals surface area contributed by atoms with Crippen molar-refractivity contribution < 1.29 is 4.79 Å². The van der Waals surface area contributed by atoms with Crippen LogP contribution < -0.4 is 10.5 Å². The smallest absolute Gasteiger partial charge is 0.273 e. The minimum absolute atomic E-state index is 0.0268. The number of hydrogen-bond donors (Lipinski definition) is 1. The first kappa shape index (κ1) is 17.8. The third-order valence-corrected chi connectivity index (χ3v) is 5.06. The summed E-state index contributed by atoms with van der Waals surface area (Å²) in [5.41, 5.74) is 1.11. The van der Waals surface area contributed by atoms with Gasteiger partial charge in [0.05, 0.1) is 5.75 Å². The number of carbonyl (C=O) groups excluding carboxylic acids is 1. The number of hydrogen-bond acceptors (Lipinski definition) is 6. The second-order valence-corrected chi connectivity index (χ2v) is 7.08. The number of benzene rings is 1. The molecule has 1 fully saturated rings. The lowest BCUT2D eigenvalue weighted by Crippen LogP contribution is -2.49. The summed E-state index contributed by atoms with van der Waals surface area (Å²) < 4.78 is 0. The van der Waals surface area contributed by atoms with Crippen molar-refractivity contribution in [2.45, 2.75) is 12.1 Å². The molecule has 2 aromatic rings. The molecule has 0 aliphatic carbocycles. The van der Waals surface area contributed by atoms with Crippen molar-refractivity contribution in [3.8, 4) is 0 Å². The highest BCUT2D eigenvalue weighted by Gasteiger charge is 2.21. The number of amides is 1. The average molecular weight is 380 g/mol. The molecule has 1 aliphatic rings. The average Bonchev–Trinajstić information content (AvgIpc) is 2.62. The summed E-state index contributed by atoms with van der Waals surface area (Å²) in [6.45, 7) is 4.42. The van der Waals surface area contributed by atoms with Crippen LogP contribution in [0.25, 0.3) is 0 Å². The van der Waals surface area contributed by atoms with Gasteiger partial charge >= 0.3 is 0 Å². The molecule has 0 unspecified atom stereocenters. The summed E-state index contributed by atoms with van der Waals surface area (Å²) in [5.74, 6) is 0.254. The number of nitrogens with zero attached hydrogens (tertiary/aromatic N) is 4. The molecule has 0 atom stereocenters. The van der Waals surface area contributed by atoms with E-state index in [0.717, 1.165) is 18.8 Å². The molecule has 3 rings (SSSR count). The summed E-state index contributed by atoms with van der Waals surface area (Å²) in [7, 11) is 0. The van der Waals surface area contributed by atoms with Gasteiger partial charge in [-0.05, 0) is 25.1 Å². The minimum atomic E-state index is -0.278. The maximum absolute atomic E-state index is 12.3.